The molecule has 0 aliphatic heterocycles. The first-order valence-electron chi connectivity index (χ1n) is 10.7. The van der Waals surface area contributed by atoms with E-state index in [0.717, 1.165) is 31.0 Å². The van der Waals surface area contributed by atoms with Crippen LogP contribution in [0.15, 0.2) is 91.0 Å². The Hall–Kier alpha value is -2.81. The summed E-state index contributed by atoms with van der Waals surface area (Å²) in [6.45, 7) is 1.91. The van der Waals surface area contributed by atoms with Gasteiger partial charge in [0.25, 0.3) is 0 Å². The molecule has 0 bridgehead atoms. The van der Waals surface area contributed by atoms with Crippen molar-refractivity contribution in [2.24, 2.45) is 0 Å². The van der Waals surface area contributed by atoms with Crippen molar-refractivity contribution in [2.75, 3.05) is 0 Å². The molecule has 0 spiro atoms. The molecule has 152 valence electrons. The number of carbonyl (C=O) groups excluding carboxylic acids is 1. The fraction of sp³-hybridized carbons (Fsp3) is 0.214. The second kappa shape index (κ2) is 10.8. The van der Waals surface area contributed by atoms with Gasteiger partial charge in [-0.25, -0.2) is 0 Å². The number of rotatable bonds is 7. The molecule has 0 radical (unpaired) electrons. The number of hydrogen-bond acceptors (Lipinski definition) is 1. The van der Waals surface area contributed by atoms with Gasteiger partial charge in [0.05, 0.1) is 0 Å². The van der Waals surface area contributed by atoms with Crippen molar-refractivity contribution in [1.82, 2.24) is 0 Å². The average molecular weight is 413 g/mol. The van der Waals surface area contributed by atoms with Gasteiger partial charge in [0.2, 0.25) is 5.78 Å². The van der Waals surface area contributed by atoms with E-state index in [0.29, 0.717) is 0 Å². The lowest BCUT2D eigenvalue weighted by Crippen LogP contribution is -2.33. The largest absolute Gasteiger partial charge is 0.280 e. The first kappa shape index (κ1) is 21.9. The summed E-state index contributed by atoms with van der Waals surface area (Å²) in [5, 5.41) is 4.57. The van der Waals surface area contributed by atoms with Gasteiger partial charge in [0.15, 0.2) is 0 Å². The van der Waals surface area contributed by atoms with Crippen LogP contribution < -0.4 is 15.9 Å². The highest BCUT2D eigenvalue weighted by atomic mass is 31.2. The molecule has 1 nitrogen and oxygen atoms in total. The molecule has 0 atom stereocenters. The van der Waals surface area contributed by atoms with Crippen LogP contribution in [0.4, 0.5) is 0 Å². The number of ketones is 1. The average Bonchev–Trinajstić information content (AvgIpc) is 2.81. The van der Waals surface area contributed by atoms with Crippen LogP contribution in [0.3, 0.4) is 0 Å². The smallest absolute Gasteiger partial charge is 0.232 e. The highest BCUT2D eigenvalue weighted by Crippen LogP contribution is 2.47. The maximum atomic E-state index is 13.6. The highest BCUT2D eigenvalue weighted by Gasteiger charge is 2.31. The third-order valence-electron chi connectivity index (χ3n) is 5.16. The summed E-state index contributed by atoms with van der Waals surface area (Å²) in [6.07, 6.45) is 3.36. The summed E-state index contributed by atoms with van der Waals surface area (Å²) in [4.78, 5) is 13.6. The van der Waals surface area contributed by atoms with Gasteiger partial charge in [-0.05, 0) is 41.6 Å². The summed E-state index contributed by atoms with van der Waals surface area (Å²) in [7, 11) is 0. The standard InChI is InChI=1S/C28H29OP/c1-3-5-9-23-27(29)28(16-4-2)30(24-17-10-6-11-18-24,25-19-12-7-13-20-25)26-21-14-8-15-22-26/h6-8,10-15,17-22H,3-5,16H2,1-2H3. The van der Waals surface area contributed by atoms with Crippen LogP contribution in [0.5, 0.6) is 0 Å². The highest BCUT2D eigenvalue weighted by molar-refractivity contribution is 7.96. The minimum Gasteiger partial charge on any atom is -0.280 e. The Labute approximate surface area is 181 Å². The molecule has 2 heteroatoms. The van der Waals surface area contributed by atoms with E-state index in [1.54, 1.807) is 0 Å². The van der Waals surface area contributed by atoms with Crippen LogP contribution in [0.2, 0.25) is 0 Å². The Kier molecular flexibility index (Phi) is 7.89. The molecule has 0 amide bonds. The maximum absolute atomic E-state index is 13.6. The first-order valence-corrected chi connectivity index (χ1v) is 12.5. The molecule has 0 aliphatic rings. The van der Waals surface area contributed by atoms with E-state index in [4.69, 9.17) is 0 Å². The molecule has 0 aliphatic carbocycles. The lowest BCUT2D eigenvalue weighted by molar-refractivity contribution is -0.108. The third kappa shape index (κ3) is 4.51. The fourth-order valence-electron chi connectivity index (χ4n) is 3.88. The number of carbonyl (C=O) groups is 1. The quantitative estimate of drug-likeness (QED) is 0.291. The van der Waals surface area contributed by atoms with Gasteiger partial charge in [0, 0.05) is 11.7 Å². The lowest BCUT2D eigenvalue weighted by atomic mass is 10.2. The summed E-state index contributed by atoms with van der Waals surface area (Å²) >= 11 is 0. The zero-order valence-corrected chi connectivity index (χ0v) is 18.7. The Morgan fingerprint density at radius 2 is 1.13 bits per heavy atom. The Balaban J connectivity index is 2.51. The van der Waals surface area contributed by atoms with E-state index in [1.165, 1.54) is 15.9 Å². The van der Waals surface area contributed by atoms with Gasteiger partial charge in [0.1, 0.15) is 0 Å². The SMILES string of the molecule is CCCC#CC(=O)C(CCC)=P(c1ccccc1)(c1ccccc1)c1ccccc1. The predicted molar refractivity (Wildman–Crippen MR) is 133 cm³/mol. The number of hydrogen-bond donors (Lipinski definition) is 0. The molecule has 0 aromatic heterocycles. The molecule has 3 aromatic rings. The molecule has 30 heavy (non-hydrogen) atoms. The molecular weight excluding hydrogens is 383 g/mol. The Morgan fingerprint density at radius 1 is 0.700 bits per heavy atom. The van der Waals surface area contributed by atoms with Crippen LogP contribution >= 0.6 is 6.89 Å². The van der Waals surface area contributed by atoms with Crippen LogP contribution in [0.25, 0.3) is 0 Å². The molecule has 0 fully saturated rings. The molecule has 0 heterocycles. The van der Waals surface area contributed by atoms with Crippen molar-refractivity contribution in [2.45, 2.75) is 39.5 Å². The molecular formula is C28H29OP. The van der Waals surface area contributed by atoms with Crippen molar-refractivity contribution in [3.8, 4) is 11.8 Å². The Morgan fingerprint density at radius 3 is 1.50 bits per heavy atom. The molecule has 0 N–H and O–H groups in total. The van der Waals surface area contributed by atoms with Crippen molar-refractivity contribution >= 4 is 33.9 Å². The summed E-state index contributed by atoms with van der Waals surface area (Å²) < 4.78 is 0. The van der Waals surface area contributed by atoms with Gasteiger partial charge in [-0.3, -0.25) is 4.79 Å². The second-order valence-electron chi connectivity index (χ2n) is 7.26. The zero-order valence-electron chi connectivity index (χ0n) is 17.8. The van der Waals surface area contributed by atoms with Crippen LogP contribution in [0.1, 0.15) is 39.5 Å². The van der Waals surface area contributed by atoms with E-state index in [1.807, 2.05) is 18.2 Å². The van der Waals surface area contributed by atoms with Crippen LogP contribution in [0, 0.1) is 11.8 Å². The first-order chi connectivity index (χ1) is 14.7. The minimum absolute atomic E-state index is 0.00445. The zero-order chi connectivity index (χ0) is 21.2. The topological polar surface area (TPSA) is 17.1 Å². The Bertz CT molecular complexity index is 968. The number of Topliss-reactive ketones (excluding diaryl/α,β-unsaturated/α-hetero) is 1. The minimum atomic E-state index is -2.32. The fourth-order valence-corrected chi connectivity index (χ4v) is 8.49. The number of benzene rings is 3. The second-order valence-corrected chi connectivity index (χ2v) is 10.7. The van der Waals surface area contributed by atoms with Gasteiger partial charge < -0.3 is 0 Å². The van der Waals surface area contributed by atoms with E-state index in [-0.39, 0.29) is 5.78 Å². The van der Waals surface area contributed by atoms with Crippen LogP contribution in [-0.2, 0) is 4.79 Å². The summed E-state index contributed by atoms with van der Waals surface area (Å²) in [5.41, 5.74) is 0. The van der Waals surface area contributed by atoms with Gasteiger partial charge in [-0.15, -0.1) is 0 Å². The predicted octanol–water partition coefficient (Wildman–Crippen LogP) is 5.33. The molecule has 3 rings (SSSR count). The van der Waals surface area contributed by atoms with Crippen molar-refractivity contribution in [1.29, 1.82) is 0 Å². The summed E-state index contributed by atoms with van der Waals surface area (Å²) in [6, 6.07) is 31.6. The molecule has 3 aromatic carbocycles. The molecule has 0 saturated carbocycles. The van der Waals surface area contributed by atoms with Gasteiger partial charge in [-0.1, -0.05) is 117 Å². The van der Waals surface area contributed by atoms with E-state index in [2.05, 4.69) is 98.5 Å². The van der Waals surface area contributed by atoms with E-state index < -0.39 is 6.89 Å². The van der Waals surface area contributed by atoms with Crippen molar-refractivity contribution in [3.05, 3.63) is 91.0 Å². The third-order valence-corrected chi connectivity index (χ3v) is 9.62. The number of unbranched alkanes of at least 4 members (excludes halogenated alkanes) is 1. The lowest BCUT2D eigenvalue weighted by Gasteiger charge is -2.32. The normalized spacial score (nSPS) is 10.7. The monoisotopic (exact) mass is 412 g/mol. The maximum Gasteiger partial charge on any atom is 0.232 e. The van der Waals surface area contributed by atoms with Crippen LogP contribution in [-0.4, -0.2) is 11.1 Å². The van der Waals surface area contributed by atoms with E-state index in [9.17, 15) is 4.79 Å². The molecule has 0 unspecified atom stereocenters. The summed E-state index contributed by atoms with van der Waals surface area (Å²) in [5.74, 6) is 6.08. The van der Waals surface area contributed by atoms with Gasteiger partial charge >= 0.3 is 0 Å². The van der Waals surface area contributed by atoms with Gasteiger partial charge in [-0.2, -0.15) is 0 Å². The van der Waals surface area contributed by atoms with Crippen molar-refractivity contribution in [3.63, 3.8) is 0 Å². The van der Waals surface area contributed by atoms with Crippen molar-refractivity contribution < 1.29 is 4.79 Å². The van der Waals surface area contributed by atoms with E-state index >= 15 is 0 Å². The molecule has 0 saturated heterocycles.